The molecule has 0 bridgehead atoms. The number of hydrogen-bond donors (Lipinski definition) is 2. The summed E-state index contributed by atoms with van der Waals surface area (Å²) >= 11 is 1.18. The number of hydrogen-bond acceptors (Lipinski definition) is 4. The Labute approximate surface area is 162 Å². The van der Waals surface area contributed by atoms with Crippen molar-refractivity contribution in [3.63, 3.8) is 0 Å². The van der Waals surface area contributed by atoms with E-state index in [0.717, 1.165) is 11.1 Å². The Morgan fingerprint density at radius 2 is 1.93 bits per heavy atom. The van der Waals surface area contributed by atoms with Crippen LogP contribution in [0.15, 0.2) is 65.2 Å². The third-order valence-electron chi connectivity index (χ3n) is 4.33. The molecule has 0 radical (unpaired) electrons. The van der Waals surface area contributed by atoms with Crippen LogP contribution in [0.4, 0.5) is 5.69 Å². The summed E-state index contributed by atoms with van der Waals surface area (Å²) in [5.74, 6) is -0.517. The zero-order valence-electron chi connectivity index (χ0n) is 14.9. The molecule has 0 saturated heterocycles. The van der Waals surface area contributed by atoms with E-state index in [1.54, 1.807) is 12.1 Å². The highest BCUT2D eigenvalue weighted by atomic mass is 32.2. The Bertz CT molecular complexity index is 932. The Kier molecular flexibility index (Phi) is 5.94. The van der Waals surface area contributed by atoms with Crippen LogP contribution in [0.25, 0.3) is 0 Å². The monoisotopic (exact) mass is 377 g/mol. The second-order valence-electron chi connectivity index (χ2n) is 6.22. The van der Waals surface area contributed by atoms with Gasteiger partial charge in [-0.2, -0.15) is 5.26 Å². The van der Waals surface area contributed by atoms with E-state index in [-0.39, 0.29) is 29.9 Å². The molecule has 0 aromatic heterocycles. The molecular formula is C21H19N3O2S. The number of carbonyl (C=O) groups excluding carboxylic acids is 2. The van der Waals surface area contributed by atoms with Crippen molar-refractivity contribution in [1.82, 2.24) is 5.32 Å². The molecule has 1 heterocycles. The molecule has 5 nitrogen and oxygen atoms in total. The Morgan fingerprint density at radius 1 is 1.22 bits per heavy atom. The molecule has 0 unspecified atom stereocenters. The highest BCUT2D eigenvalue weighted by Crippen LogP contribution is 2.37. The highest BCUT2D eigenvalue weighted by molar-refractivity contribution is 8.03. The minimum absolute atomic E-state index is 0.107. The van der Waals surface area contributed by atoms with E-state index in [1.807, 2.05) is 49.4 Å². The lowest BCUT2D eigenvalue weighted by Crippen LogP contribution is -2.31. The van der Waals surface area contributed by atoms with Crippen molar-refractivity contribution in [3.05, 3.63) is 76.3 Å². The number of nitriles is 1. The third-order valence-corrected chi connectivity index (χ3v) is 5.34. The van der Waals surface area contributed by atoms with E-state index in [9.17, 15) is 14.9 Å². The number of allylic oxidation sites excluding steroid dienone is 1. The van der Waals surface area contributed by atoms with Gasteiger partial charge in [0.05, 0.1) is 22.4 Å². The Hall–Kier alpha value is -3.04. The average Bonchev–Trinajstić information content (AvgIpc) is 2.67. The van der Waals surface area contributed by atoms with Crippen LogP contribution >= 0.6 is 11.8 Å². The number of rotatable bonds is 5. The van der Waals surface area contributed by atoms with Gasteiger partial charge in [0.1, 0.15) is 0 Å². The Balaban J connectivity index is 1.77. The van der Waals surface area contributed by atoms with Gasteiger partial charge in [-0.15, -0.1) is 0 Å². The fourth-order valence-electron chi connectivity index (χ4n) is 3.03. The molecule has 136 valence electrons. The van der Waals surface area contributed by atoms with Crippen molar-refractivity contribution in [2.45, 2.75) is 19.3 Å². The summed E-state index contributed by atoms with van der Waals surface area (Å²) in [6.07, 6.45) is 0.230. The summed E-state index contributed by atoms with van der Waals surface area (Å²) in [6, 6.07) is 19.2. The van der Waals surface area contributed by atoms with Gasteiger partial charge in [-0.05, 0) is 30.2 Å². The standard InChI is InChI=1S/C21H19N3O2S/c1-14-7-5-6-10-16(14)17-11-19(25)24-21(18(17)12-22)27-13-20(26)23-15-8-3-2-4-9-15/h2-10,17H,11,13H2,1H3,(H,23,26)(H,24,25)/t17-/m0/s1. The van der Waals surface area contributed by atoms with Crippen LogP contribution in [0.2, 0.25) is 0 Å². The molecule has 2 N–H and O–H groups in total. The third kappa shape index (κ3) is 4.57. The average molecular weight is 377 g/mol. The molecule has 3 rings (SSSR count). The number of aryl methyl sites for hydroxylation is 1. The Morgan fingerprint density at radius 3 is 2.63 bits per heavy atom. The molecule has 2 amide bonds. The summed E-state index contributed by atoms with van der Waals surface area (Å²) in [4.78, 5) is 24.4. The van der Waals surface area contributed by atoms with Crippen molar-refractivity contribution < 1.29 is 9.59 Å². The van der Waals surface area contributed by atoms with Gasteiger partial charge in [-0.3, -0.25) is 9.59 Å². The summed E-state index contributed by atoms with van der Waals surface area (Å²) in [6.45, 7) is 1.97. The van der Waals surface area contributed by atoms with Gasteiger partial charge >= 0.3 is 0 Å². The second-order valence-corrected chi connectivity index (χ2v) is 7.20. The summed E-state index contributed by atoms with van der Waals surface area (Å²) < 4.78 is 0. The van der Waals surface area contributed by atoms with Gasteiger partial charge in [-0.1, -0.05) is 54.2 Å². The van der Waals surface area contributed by atoms with E-state index in [4.69, 9.17) is 0 Å². The lowest BCUT2D eigenvalue weighted by Gasteiger charge is -2.26. The van der Waals surface area contributed by atoms with E-state index in [0.29, 0.717) is 16.3 Å². The van der Waals surface area contributed by atoms with Crippen molar-refractivity contribution in [2.75, 3.05) is 11.1 Å². The van der Waals surface area contributed by atoms with Gasteiger partial charge in [0.15, 0.2) is 0 Å². The normalized spacial score (nSPS) is 16.4. The lowest BCUT2D eigenvalue weighted by atomic mass is 9.85. The SMILES string of the molecule is Cc1ccccc1[C@@H]1CC(=O)NC(SCC(=O)Nc2ccccc2)=C1C#N. The fraction of sp³-hybridized carbons (Fsp3) is 0.190. The van der Waals surface area contributed by atoms with Crippen LogP contribution in [0.3, 0.4) is 0 Å². The van der Waals surface area contributed by atoms with Crippen molar-refractivity contribution in [2.24, 2.45) is 0 Å². The van der Waals surface area contributed by atoms with Crippen molar-refractivity contribution in [1.29, 1.82) is 5.26 Å². The molecule has 1 aliphatic rings. The van der Waals surface area contributed by atoms with E-state index in [2.05, 4.69) is 16.7 Å². The number of carbonyl (C=O) groups is 2. The fourth-order valence-corrected chi connectivity index (χ4v) is 3.91. The van der Waals surface area contributed by atoms with Gasteiger partial charge in [-0.25, -0.2) is 0 Å². The lowest BCUT2D eigenvalue weighted by molar-refractivity contribution is -0.121. The smallest absolute Gasteiger partial charge is 0.234 e. The first-order chi connectivity index (χ1) is 13.1. The molecule has 0 fully saturated rings. The van der Waals surface area contributed by atoms with Crippen molar-refractivity contribution in [3.8, 4) is 6.07 Å². The molecule has 0 aliphatic carbocycles. The minimum atomic E-state index is -0.287. The zero-order chi connectivity index (χ0) is 19.2. The molecule has 6 heteroatoms. The molecule has 1 aliphatic heterocycles. The van der Waals surface area contributed by atoms with Crippen molar-refractivity contribution >= 4 is 29.3 Å². The van der Waals surface area contributed by atoms with Crippen LogP contribution in [-0.4, -0.2) is 17.6 Å². The second kappa shape index (κ2) is 8.56. The maximum Gasteiger partial charge on any atom is 0.234 e. The largest absolute Gasteiger partial charge is 0.325 e. The minimum Gasteiger partial charge on any atom is -0.325 e. The molecule has 27 heavy (non-hydrogen) atoms. The predicted octanol–water partition coefficient (Wildman–Crippen LogP) is 3.71. The maximum atomic E-state index is 12.2. The molecule has 2 aromatic carbocycles. The molecule has 2 aromatic rings. The molecule has 0 saturated carbocycles. The van der Waals surface area contributed by atoms with E-state index in [1.165, 1.54) is 11.8 Å². The van der Waals surface area contributed by atoms with Gasteiger partial charge in [0, 0.05) is 18.0 Å². The molecular weight excluding hydrogens is 358 g/mol. The summed E-state index contributed by atoms with van der Waals surface area (Å²) in [5, 5.41) is 15.7. The first kappa shape index (κ1) is 18.7. The van der Waals surface area contributed by atoms with Crippen LogP contribution in [0, 0.1) is 18.3 Å². The van der Waals surface area contributed by atoms with Gasteiger partial charge in [0.25, 0.3) is 0 Å². The number of nitrogens with zero attached hydrogens (tertiary/aromatic N) is 1. The molecule has 1 atom stereocenters. The number of amides is 2. The summed E-state index contributed by atoms with van der Waals surface area (Å²) in [5.41, 5.74) is 3.22. The quantitative estimate of drug-likeness (QED) is 0.832. The number of anilines is 1. The summed E-state index contributed by atoms with van der Waals surface area (Å²) in [7, 11) is 0. The van der Waals surface area contributed by atoms with E-state index < -0.39 is 0 Å². The molecule has 0 spiro atoms. The predicted molar refractivity (Wildman–Crippen MR) is 107 cm³/mol. The first-order valence-corrected chi connectivity index (χ1v) is 9.54. The van der Waals surface area contributed by atoms with Gasteiger partial charge in [0.2, 0.25) is 11.8 Å². The highest BCUT2D eigenvalue weighted by Gasteiger charge is 2.30. The van der Waals surface area contributed by atoms with Gasteiger partial charge < -0.3 is 10.6 Å². The first-order valence-electron chi connectivity index (χ1n) is 8.56. The van der Waals surface area contributed by atoms with Crippen LogP contribution < -0.4 is 10.6 Å². The van der Waals surface area contributed by atoms with Crippen LogP contribution in [0.1, 0.15) is 23.5 Å². The maximum absolute atomic E-state index is 12.2. The number of para-hydroxylation sites is 1. The topological polar surface area (TPSA) is 82.0 Å². The number of nitrogens with one attached hydrogen (secondary N) is 2. The van der Waals surface area contributed by atoms with E-state index >= 15 is 0 Å². The zero-order valence-corrected chi connectivity index (χ0v) is 15.7. The number of benzene rings is 2. The van der Waals surface area contributed by atoms with Crippen LogP contribution in [-0.2, 0) is 9.59 Å². The number of thioether (sulfide) groups is 1. The van der Waals surface area contributed by atoms with Crippen LogP contribution in [0.5, 0.6) is 0 Å².